The van der Waals surface area contributed by atoms with Gasteiger partial charge in [-0.25, -0.2) is 9.67 Å². The maximum Gasteiger partial charge on any atom is 0.287 e. The standard InChI is InChI=1S/C10H13ClN6O2/c11-9-7(5-15-17(3-4-18)10(9)19)12-2-1-8-13-6-14-16-8/h5-6,12,18H,1-4H2,(H,13,14,16). The van der Waals surface area contributed by atoms with E-state index in [1.54, 1.807) is 0 Å². The van der Waals surface area contributed by atoms with Crippen LogP contribution in [0.3, 0.4) is 0 Å². The van der Waals surface area contributed by atoms with Crippen LogP contribution in [0.25, 0.3) is 0 Å². The third kappa shape index (κ3) is 3.30. The number of hydrogen-bond acceptors (Lipinski definition) is 6. The van der Waals surface area contributed by atoms with Crippen molar-refractivity contribution >= 4 is 17.3 Å². The number of nitrogens with one attached hydrogen (secondary N) is 2. The molecule has 0 spiro atoms. The molecule has 3 N–H and O–H groups in total. The van der Waals surface area contributed by atoms with Crippen molar-refractivity contribution in [2.75, 3.05) is 18.5 Å². The predicted molar refractivity (Wildman–Crippen MR) is 69.2 cm³/mol. The summed E-state index contributed by atoms with van der Waals surface area (Å²) in [5.41, 5.74) is 0.0285. The monoisotopic (exact) mass is 284 g/mol. The van der Waals surface area contributed by atoms with Crippen molar-refractivity contribution in [2.24, 2.45) is 0 Å². The van der Waals surface area contributed by atoms with Gasteiger partial charge in [0.25, 0.3) is 5.56 Å². The molecule has 0 aliphatic carbocycles. The molecule has 2 aromatic heterocycles. The number of nitrogens with zero attached hydrogens (tertiary/aromatic N) is 4. The molecule has 0 saturated carbocycles. The fraction of sp³-hybridized carbons (Fsp3) is 0.400. The minimum Gasteiger partial charge on any atom is -0.394 e. The summed E-state index contributed by atoms with van der Waals surface area (Å²) in [6.07, 6.45) is 3.51. The van der Waals surface area contributed by atoms with E-state index in [1.165, 1.54) is 12.5 Å². The number of hydrogen-bond donors (Lipinski definition) is 3. The fourth-order valence-electron chi connectivity index (χ4n) is 1.51. The molecule has 0 radical (unpaired) electrons. The lowest BCUT2D eigenvalue weighted by molar-refractivity contribution is 0.266. The highest BCUT2D eigenvalue weighted by Gasteiger charge is 2.08. The van der Waals surface area contributed by atoms with E-state index in [-0.39, 0.29) is 18.2 Å². The van der Waals surface area contributed by atoms with Crippen LogP contribution in [-0.4, -0.2) is 43.2 Å². The molecule has 2 rings (SSSR count). The Labute approximate surface area is 113 Å². The molecule has 0 atom stereocenters. The first-order valence-electron chi connectivity index (χ1n) is 5.67. The minimum atomic E-state index is -0.430. The molecule has 8 nitrogen and oxygen atoms in total. The van der Waals surface area contributed by atoms with Crippen LogP contribution in [0.4, 0.5) is 5.69 Å². The lowest BCUT2D eigenvalue weighted by Gasteiger charge is -2.08. The summed E-state index contributed by atoms with van der Waals surface area (Å²) in [5.74, 6) is 0.741. The highest BCUT2D eigenvalue weighted by molar-refractivity contribution is 6.32. The topological polar surface area (TPSA) is 109 Å². The van der Waals surface area contributed by atoms with Gasteiger partial charge < -0.3 is 10.4 Å². The number of rotatable bonds is 6. The van der Waals surface area contributed by atoms with E-state index >= 15 is 0 Å². The fourth-order valence-corrected chi connectivity index (χ4v) is 1.72. The normalized spacial score (nSPS) is 10.6. The first kappa shape index (κ1) is 13.5. The second-order valence-electron chi connectivity index (χ2n) is 3.73. The van der Waals surface area contributed by atoms with Gasteiger partial charge in [0.05, 0.1) is 25.0 Å². The van der Waals surface area contributed by atoms with Crippen molar-refractivity contribution < 1.29 is 5.11 Å². The van der Waals surface area contributed by atoms with Gasteiger partial charge in [-0.3, -0.25) is 9.89 Å². The van der Waals surface area contributed by atoms with Gasteiger partial charge in [0, 0.05) is 13.0 Å². The lowest BCUT2D eigenvalue weighted by Crippen LogP contribution is -2.25. The van der Waals surface area contributed by atoms with Crippen molar-refractivity contribution in [3.05, 3.63) is 33.7 Å². The molecule has 102 valence electrons. The van der Waals surface area contributed by atoms with E-state index in [1.807, 2.05) is 0 Å². The number of aliphatic hydroxyl groups excluding tert-OH is 1. The molecule has 0 aliphatic heterocycles. The third-order valence-corrected chi connectivity index (χ3v) is 2.80. The van der Waals surface area contributed by atoms with E-state index < -0.39 is 5.56 Å². The van der Waals surface area contributed by atoms with Gasteiger partial charge in [-0.15, -0.1) is 0 Å². The quantitative estimate of drug-likeness (QED) is 0.670. The van der Waals surface area contributed by atoms with Gasteiger partial charge in [-0.1, -0.05) is 11.6 Å². The van der Waals surface area contributed by atoms with Crippen LogP contribution in [0.1, 0.15) is 5.82 Å². The van der Waals surface area contributed by atoms with Crippen molar-refractivity contribution in [2.45, 2.75) is 13.0 Å². The highest BCUT2D eigenvalue weighted by atomic mass is 35.5. The summed E-state index contributed by atoms with van der Waals surface area (Å²) in [7, 11) is 0. The first-order valence-corrected chi connectivity index (χ1v) is 6.04. The second-order valence-corrected chi connectivity index (χ2v) is 4.11. The van der Waals surface area contributed by atoms with Gasteiger partial charge in [-0.2, -0.15) is 10.2 Å². The zero-order chi connectivity index (χ0) is 13.7. The highest BCUT2D eigenvalue weighted by Crippen LogP contribution is 2.14. The number of halogens is 1. The molecule has 0 fully saturated rings. The third-order valence-electron chi connectivity index (χ3n) is 2.44. The molecule has 0 unspecified atom stereocenters. The van der Waals surface area contributed by atoms with Crippen molar-refractivity contribution in [3.8, 4) is 0 Å². The predicted octanol–water partition coefficient (Wildman–Crippen LogP) is -0.338. The summed E-state index contributed by atoms with van der Waals surface area (Å²) >= 11 is 5.94. The average molecular weight is 285 g/mol. The van der Waals surface area contributed by atoms with Gasteiger partial charge in [0.1, 0.15) is 17.2 Å². The van der Waals surface area contributed by atoms with Gasteiger partial charge in [0.15, 0.2) is 0 Å². The van der Waals surface area contributed by atoms with E-state index in [9.17, 15) is 4.79 Å². The zero-order valence-electron chi connectivity index (χ0n) is 10.0. The first-order chi connectivity index (χ1) is 9.22. The Bertz CT molecular complexity index is 582. The second kappa shape index (κ2) is 6.30. The Morgan fingerprint density at radius 3 is 3.05 bits per heavy atom. The number of H-pyrrole nitrogens is 1. The zero-order valence-corrected chi connectivity index (χ0v) is 10.8. The van der Waals surface area contributed by atoms with Gasteiger partial charge in [-0.05, 0) is 0 Å². The summed E-state index contributed by atoms with van der Waals surface area (Å²) in [5, 5.41) is 22.2. The molecule has 2 heterocycles. The van der Waals surface area contributed by atoms with Crippen molar-refractivity contribution in [3.63, 3.8) is 0 Å². The average Bonchev–Trinajstić information content (AvgIpc) is 2.91. The Kier molecular flexibility index (Phi) is 4.48. The van der Waals surface area contributed by atoms with E-state index in [0.717, 1.165) is 10.5 Å². The van der Waals surface area contributed by atoms with E-state index in [4.69, 9.17) is 16.7 Å². The van der Waals surface area contributed by atoms with Crippen LogP contribution in [0, 0.1) is 0 Å². The van der Waals surface area contributed by atoms with Crippen LogP contribution in [0.2, 0.25) is 5.02 Å². The summed E-state index contributed by atoms with van der Waals surface area (Å²) < 4.78 is 1.12. The van der Waals surface area contributed by atoms with Crippen molar-refractivity contribution in [1.82, 2.24) is 25.0 Å². The molecule has 0 saturated heterocycles. The van der Waals surface area contributed by atoms with E-state index in [2.05, 4.69) is 25.6 Å². The maximum absolute atomic E-state index is 11.8. The number of anilines is 1. The molecule has 0 amide bonds. The Morgan fingerprint density at radius 2 is 2.37 bits per heavy atom. The molecule has 0 bridgehead atoms. The van der Waals surface area contributed by atoms with Crippen LogP contribution in [0.5, 0.6) is 0 Å². The molecule has 0 aliphatic rings. The summed E-state index contributed by atoms with van der Waals surface area (Å²) in [6, 6.07) is 0. The summed E-state index contributed by atoms with van der Waals surface area (Å²) in [6.45, 7) is 0.498. The molecular formula is C10H13ClN6O2. The molecule has 0 aromatic carbocycles. The molecule has 9 heteroatoms. The smallest absolute Gasteiger partial charge is 0.287 e. The Balaban J connectivity index is 2.01. The SMILES string of the molecule is O=c1c(Cl)c(NCCc2ncn[nH]2)cnn1CCO. The van der Waals surface area contributed by atoms with E-state index in [0.29, 0.717) is 18.7 Å². The molecule has 2 aromatic rings. The largest absolute Gasteiger partial charge is 0.394 e. The molecule has 19 heavy (non-hydrogen) atoms. The van der Waals surface area contributed by atoms with Crippen LogP contribution >= 0.6 is 11.6 Å². The number of aromatic amines is 1. The molecular weight excluding hydrogens is 272 g/mol. The van der Waals surface area contributed by atoms with Gasteiger partial charge >= 0.3 is 0 Å². The van der Waals surface area contributed by atoms with Crippen LogP contribution < -0.4 is 10.9 Å². The van der Waals surface area contributed by atoms with Crippen LogP contribution in [-0.2, 0) is 13.0 Å². The summed E-state index contributed by atoms with van der Waals surface area (Å²) in [4.78, 5) is 15.7. The Morgan fingerprint density at radius 1 is 1.53 bits per heavy atom. The lowest BCUT2D eigenvalue weighted by atomic mass is 10.3. The maximum atomic E-state index is 11.8. The minimum absolute atomic E-state index is 0.0565. The van der Waals surface area contributed by atoms with Crippen molar-refractivity contribution in [1.29, 1.82) is 0 Å². The number of aliphatic hydroxyl groups is 1. The van der Waals surface area contributed by atoms with Crippen LogP contribution in [0.15, 0.2) is 17.3 Å². The number of aromatic nitrogens is 5. The Hall–Kier alpha value is -1.93. The van der Waals surface area contributed by atoms with Gasteiger partial charge in [0.2, 0.25) is 0 Å².